The van der Waals surface area contributed by atoms with Crippen molar-refractivity contribution in [1.29, 1.82) is 0 Å². The summed E-state index contributed by atoms with van der Waals surface area (Å²) < 4.78 is 0. The van der Waals surface area contributed by atoms with E-state index in [1.165, 1.54) is 0 Å². The average molecular weight is 166 g/mol. The van der Waals surface area contributed by atoms with Crippen LogP contribution in [0.3, 0.4) is 0 Å². The number of rotatable bonds is 2. The summed E-state index contributed by atoms with van der Waals surface area (Å²) in [6, 6.07) is 5.21. The molecule has 2 heteroatoms. The molecule has 0 saturated heterocycles. The zero-order chi connectivity index (χ0) is 9.14. The highest BCUT2D eigenvalue weighted by atomic mass is 16.3. The highest BCUT2D eigenvalue weighted by molar-refractivity contribution is 5.35. The summed E-state index contributed by atoms with van der Waals surface area (Å²) in [5.41, 5.74) is 2.12. The van der Waals surface area contributed by atoms with Crippen LogP contribution in [0.15, 0.2) is 18.2 Å². The van der Waals surface area contributed by atoms with E-state index in [1.807, 2.05) is 19.9 Å². The van der Waals surface area contributed by atoms with Gasteiger partial charge in [0, 0.05) is 12.5 Å². The third-order valence-corrected chi connectivity index (χ3v) is 2.06. The summed E-state index contributed by atoms with van der Waals surface area (Å²) in [6.45, 7) is 4.03. The van der Waals surface area contributed by atoms with Crippen molar-refractivity contribution in [1.82, 2.24) is 0 Å². The molecule has 0 radical (unpaired) electrons. The van der Waals surface area contributed by atoms with Gasteiger partial charge in [-0.05, 0) is 30.2 Å². The number of aromatic hydroxyl groups is 1. The van der Waals surface area contributed by atoms with Crippen LogP contribution in [-0.2, 0) is 0 Å². The molecule has 0 aliphatic rings. The largest absolute Gasteiger partial charge is 0.508 e. The molecule has 0 aliphatic heterocycles. The monoisotopic (exact) mass is 166 g/mol. The van der Waals surface area contributed by atoms with Crippen molar-refractivity contribution in [2.75, 3.05) is 6.61 Å². The van der Waals surface area contributed by atoms with E-state index in [2.05, 4.69) is 0 Å². The number of phenolic OH excluding ortho intramolecular Hbond substituents is 1. The molecule has 0 heterocycles. The molecule has 0 spiro atoms. The molecule has 0 bridgehead atoms. The fraction of sp³-hybridized carbons (Fsp3) is 0.400. The smallest absolute Gasteiger partial charge is 0.115 e. The third kappa shape index (κ3) is 1.77. The molecule has 1 aromatic rings. The van der Waals surface area contributed by atoms with Crippen LogP contribution in [0.4, 0.5) is 0 Å². The first-order chi connectivity index (χ1) is 5.65. The normalized spacial score (nSPS) is 12.9. The number of aryl methyl sites for hydroxylation is 1. The second-order valence-electron chi connectivity index (χ2n) is 3.12. The summed E-state index contributed by atoms with van der Waals surface area (Å²) in [5, 5.41) is 18.0. The zero-order valence-electron chi connectivity index (χ0n) is 7.41. The number of aliphatic hydroxyl groups is 1. The average Bonchev–Trinajstić information content (AvgIpc) is 2.03. The van der Waals surface area contributed by atoms with Crippen LogP contribution in [0.1, 0.15) is 24.0 Å². The minimum Gasteiger partial charge on any atom is -0.508 e. The van der Waals surface area contributed by atoms with Crippen LogP contribution >= 0.6 is 0 Å². The molecule has 66 valence electrons. The molecule has 1 aromatic carbocycles. The van der Waals surface area contributed by atoms with E-state index in [9.17, 15) is 0 Å². The van der Waals surface area contributed by atoms with Gasteiger partial charge in [0.05, 0.1) is 0 Å². The Bertz CT molecular complexity index is 269. The van der Waals surface area contributed by atoms with Crippen molar-refractivity contribution >= 4 is 0 Å². The molecule has 1 unspecified atom stereocenters. The number of hydrogen-bond acceptors (Lipinski definition) is 2. The Morgan fingerprint density at radius 2 is 2.08 bits per heavy atom. The lowest BCUT2D eigenvalue weighted by molar-refractivity contribution is 0.272. The van der Waals surface area contributed by atoms with Gasteiger partial charge in [0.25, 0.3) is 0 Å². The van der Waals surface area contributed by atoms with Crippen molar-refractivity contribution in [3.8, 4) is 5.75 Å². The molecular formula is C10H14O2. The van der Waals surface area contributed by atoms with Gasteiger partial charge in [-0.25, -0.2) is 0 Å². The van der Waals surface area contributed by atoms with Crippen molar-refractivity contribution in [3.63, 3.8) is 0 Å². The molecular weight excluding hydrogens is 152 g/mol. The topological polar surface area (TPSA) is 40.5 Å². The Morgan fingerprint density at radius 1 is 1.42 bits per heavy atom. The van der Waals surface area contributed by atoms with Gasteiger partial charge in [-0.15, -0.1) is 0 Å². The molecule has 0 saturated carbocycles. The second kappa shape index (κ2) is 3.59. The molecule has 2 N–H and O–H groups in total. The van der Waals surface area contributed by atoms with Crippen molar-refractivity contribution in [3.05, 3.63) is 29.3 Å². The zero-order valence-corrected chi connectivity index (χ0v) is 7.41. The van der Waals surface area contributed by atoms with Gasteiger partial charge in [-0.3, -0.25) is 0 Å². The van der Waals surface area contributed by atoms with Gasteiger partial charge in [0.2, 0.25) is 0 Å². The molecule has 1 atom stereocenters. The van der Waals surface area contributed by atoms with Crippen LogP contribution < -0.4 is 0 Å². The molecule has 0 fully saturated rings. The lowest BCUT2D eigenvalue weighted by Gasteiger charge is -2.11. The summed E-state index contributed by atoms with van der Waals surface area (Å²) >= 11 is 0. The van der Waals surface area contributed by atoms with Crippen molar-refractivity contribution in [2.24, 2.45) is 0 Å². The molecule has 2 nitrogen and oxygen atoms in total. The minimum absolute atomic E-state index is 0.144. The summed E-state index contributed by atoms with van der Waals surface area (Å²) in [7, 11) is 0. The Balaban J connectivity index is 3.01. The van der Waals surface area contributed by atoms with E-state index in [1.54, 1.807) is 12.1 Å². The van der Waals surface area contributed by atoms with Crippen molar-refractivity contribution < 1.29 is 10.2 Å². The van der Waals surface area contributed by atoms with E-state index >= 15 is 0 Å². The van der Waals surface area contributed by atoms with Crippen LogP contribution in [0.2, 0.25) is 0 Å². The van der Waals surface area contributed by atoms with Crippen LogP contribution in [-0.4, -0.2) is 16.8 Å². The Morgan fingerprint density at radius 3 is 2.58 bits per heavy atom. The van der Waals surface area contributed by atoms with E-state index in [4.69, 9.17) is 10.2 Å². The van der Waals surface area contributed by atoms with E-state index in [0.29, 0.717) is 0 Å². The second-order valence-corrected chi connectivity index (χ2v) is 3.12. The summed E-state index contributed by atoms with van der Waals surface area (Å²) in [5.74, 6) is 0.423. The minimum atomic E-state index is 0.144. The first-order valence-corrected chi connectivity index (χ1v) is 4.05. The number of phenols is 1. The quantitative estimate of drug-likeness (QED) is 0.703. The maximum atomic E-state index is 9.13. The molecule has 0 aromatic heterocycles. The van der Waals surface area contributed by atoms with Crippen LogP contribution in [0.25, 0.3) is 0 Å². The number of hydrogen-bond donors (Lipinski definition) is 2. The predicted octanol–water partition coefficient (Wildman–Crippen LogP) is 1.80. The predicted molar refractivity (Wildman–Crippen MR) is 48.3 cm³/mol. The Kier molecular flexibility index (Phi) is 2.71. The SMILES string of the molecule is Cc1cc(O)ccc1C(C)CO. The standard InChI is InChI=1S/C10H14O2/c1-7-5-9(12)3-4-10(7)8(2)6-11/h3-5,8,11-12H,6H2,1-2H3. The van der Waals surface area contributed by atoms with E-state index < -0.39 is 0 Å². The lowest BCUT2D eigenvalue weighted by atomic mass is 9.97. The van der Waals surface area contributed by atoms with Crippen LogP contribution in [0, 0.1) is 6.92 Å². The first kappa shape index (κ1) is 9.07. The van der Waals surface area contributed by atoms with Gasteiger partial charge in [0.1, 0.15) is 5.75 Å². The van der Waals surface area contributed by atoms with Gasteiger partial charge in [-0.2, -0.15) is 0 Å². The fourth-order valence-electron chi connectivity index (χ4n) is 1.31. The van der Waals surface area contributed by atoms with E-state index in [0.717, 1.165) is 11.1 Å². The highest BCUT2D eigenvalue weighted by Crippen LogP contribution is 2.22. The maximum Gasteiger partial charge on any atom is 0.115 e. The Hall–Kier alpha value is -1.02. The maximum absolute atomic E-state index is 9.13. The molecule has 1 rings (SSSR count). The first-order valence-electron chi connectivity index (χ1n) is 4.05. The van der Waals surface area contributed by atoms with Gasteiger partial charge in [-0.1, -0.05) is 13.0 Å². The van der Waals surface area contributed by atoms with Gasteiger partial charge in [0.15, 0.2) is 0 Å². The fourth-order valence-corrected chi connectivity index (χ4v) is 1.31. The summed E-state index contributed by atoms with van der Waals surface area (Å²) in [6.07, 6.45) is 0. The number of benzene rings is 1. The highest BCUT2D eigenvalue weighted by Gasteiger charge is 2.06. The van der Waals surface area contributed by atoms with Crippen molar-refractivity contribution in [2.45, 2.75) is 19.8 Å². The molecule has 0 aliphatic carbocycles. The molecule has 0 amide bonds. The van der Waals surface area contributed by atoms with Gasteiger partial charge < -0.3 is 10.2 Å². The lowest BCUT2D eigenvalue weighted by Crippen LogP contribution is -2.00. The van der Waals surface area contributed by atoms with E-state index in [-0.39, 0.29) is 18.3 Å². The molecule has 12 heavy (non-hydrogen) atoms. The third-order valence-electron chi connectivity index (χ3n) is 2.06. The number of aliphatic hydroxyl groups excluding tert-OH is 1. The van der Waals surface area contributed by atoms with Crippen LogP contribution in [0.5, 0.6) is 5.75 Å². The summed E-state index contributed by atoms with van der Waals surface area (Å²) in [4.78, 5) is 0. The Labute approximate surface area is 72.5 Å². The van der Waals surface area contributed by atoms with Gasteiger partial charge >= 0.3 is 0 Å².